The van der Waals surface area contributed by atoms with Crippen molar-refractivity contribution in [3.8, 4) is 0 Å². The molecular weight excluding hydrogens is 194 g/mol. The molecule has 16 heavy (non-hydrogen) atoms. The van der Waals surface area contributed by atoms with Crippen molar-refractivity contribution >= 4 is 0 Å². The Labute approximate surface area is 100 Å². The lowest BCUT2D eigenvalue weighted by Gasteiger charge is -2.80. The third-order valence-corrected chi connectivity index (χ3v) is 6.21. The van der Waals surface area contributed by atoms with Gasteiger partial charge in [-0.15, -0.1) is 0 Å². The van der Waals surface area contributed by atoms with Crippen molar-refractivity contribution in [2.45, 2.75) is 39.5 Å². The van der Waals surface area contributed by atoms with Gasteiger partial charge in [0.15, 0.2) is 0 Å². The second-order valence-corrected chi connectivity index (χ2v) is 6.64. The fourth-order valence-corrected chi connectivity index (χ4v) is 5.58. The summed E-state index contributed by atoms with van der Waals surface area (Å²) in [5.41, 5.74) is 0. The first-order chi connectivity index (χ1) is 7.77. The Kier molecular flexibility index (Phi) is 2.78. The monoisotopic (exact) mass is 221 g/mol. The van der Waals surface area contributed by atoms with Crippen molar-refractivity contribution in [3.05, 3.63) is 0 Å². The molecular formula is C15H27N. The summed E-state index contributed by atoms with van der Waals surface area (Å²) in [5.74, 6) is 7.96. The summed E-state index contributed by atoms with van der Waals surface area (Å²) >= 11 is 0. The highest BCUT2D eigenvalue weighted by molar-refractivity contribution is 5.21. The summed E-state index contributed by atoms with van der Waals surface area (Å²) < 4.78 is 0. The Balaban J connectivity index is 1.40. The first kappa shape index (κ1) is 11.1. The van der Waals surface area contributed by atoms with E-state index in [2.05, 4.69) is 26.2 Å². The fraction of sp³-hybridized carbons (Fsp3) is 1.00. The Bertz CT molecular complexity index is 233. The molecule has 92 valence electrons. The normalized spacial score (nSPS) is 52.3. The van der Waals surface area contributed by atoms with Crippen LogP contribution in [0.15, 0.2) is 0 Å². The minimum Gasteiger partial charge on any atom is -0.320 e. The molecule has 3 fully saturated rings. The average Bonchev–Trinajstić information content (AvgIpc) is 2.24. The highest BCUT2D eigenvalue weighted by Gasteiger charge is 2.74. The van der Waals surface area contributed by atoms with Gasteiger partial charge in [-0.3, -0.25) is 0 Å². The smallest absolute Gasteiger partial charge is 0.00519 e. The van der Waals surface area contributed by atoms with E-state index < -0.39 is 0 Å². The standard InChI is InChI=1S/C15H27N/c1-9-12-10(2)14-11(13(9)15(12)14)7-5-4-6-8-16-3/h9-16H,4-8H2,1-3H3. The first-order valence-electron chi connectivity index (χ1n) is 7.42. The summed E-state index contributed by atoms with van der Waals surface area (Å²) in [5, 5.41) is 3.24. The maximum atomic E-state index is 3.24. The zero-order valence-electron chi connectivity index (χ0n) is 11.1. The van der Waals surface area contributed by atoms with Crippen molar-refractivity contribution in [2.24, 2.45) is 41.4 Å². The van der Waals surface area contributed by atoms with E-state index in [1.54, 1.807) is 0 Å². The largest absolute Gasteiger partial charge is 0.320 e. The number of unbranched alkanes of at least 4 members (excludes halogenated alkanes) is 2. The molecule has 3 aliphatic rings. The van der Waals surface area contributed by atoms with Crippen LogP contribution in [-0.4, -0.2) is 13.6 Å². The molecule has 0 amide bonds. The second-order valence-electron chi connectivity index (χ2n) is 6.64. The van der Waals surface area contributed by atoms with E-state index in [1.165, 1.54) is 38.1 Å². The molecule has 1 heteroatoms. The van der Waals surface area contributed by atoms with Crippen molar-refractivity contribution in [1.29, 1.82) is 0 Å². The molecule has 0 saturated heterocycles. The molecule has 0 spiro atoms. The molecule has 0 aromatic carbocycles. The lowest BCUT2D eigenvalue weighted by Crippen LogP contribution is -2.76. The van der Waals surface area contributed by atoms with Gasteiger partial charge in [-0.25, -0.2) is 0 Å². The van der Waals surface area contributed by atoms with Crippen LogP contribution >= 0.6 is 0 Å². The van der Waals surface area contributed by atoms with Gasteiger partial charge in [0.1, 0.15) is 0 Å². The number of hydrogen-bond donors (Lipinski definition) is 1. The molecule has 0 bridgehead atoms. The van der Waals surface area contributed by atoms with Gasteiger partial charge in [0.2, 0.25) is 0 Å². The highest BCUT2D eigenvalue weighted by atomic mass is 14.8. The molecule has 0 radical (unpaired) electrons. The third kappa shape index (κ3) is 1.27. The molecule has 3 aliphatic carbocycles. The molecule has 0 aromatic rings. The van der Waals surface area contributed by atoms with E-state index in [9.17, 15) is 0 Å². The van der Waals surface area contributed by atoms with E-state index in [-0.39, 0.29) is 0 Å². The van der Waals surface area contributed by atoms with Crippen molar-refractivity contribution in [2.75, 3.05) is 13.6 Å². The van der Waals surface area contributed by atoms with Crippen LogP contribution in [0.2, 0.25) is 0 Å². The average molecular weight is 221 g/mol. The Morgan fingerprint density at radius 3 is 2.06 bits per heavy atom. The second kappa shape index (κ2) is 4.01. The van der Waals surface area contributed by atoms with Crippen LogP contribution in [0.25, 0.3) is 0 Å². The predicted molar refractivity (Wildman–Crippen MR) is 68.2 cm³/mol. The predicted octanol–water partition coefficient (Wildman–Crippen LogP) is 3.16. The summed E-state index contributed by atoms with van der Waals surface area (Å²) in [7, 11) is 2.06. The van der Waals surface area contributed by atoms with Crippen molar-refractivity contribution < 1.29 is 0 Å². The molecule has 1 nitrogen and oxygen atoms in total. The summed E-state index contributed by atoms with van der Waals surface area (Å²) in [4.78, 5) is 0. The lowest BCUT2D eigenvalue weighted by molar-refractivity contribution is -0.327. The lowest BCUT2D eigenvalue weighted by atomic mass is 9.25. The van der Waals surface area contributed by atoms with Gasteiger partial charge in [0.05, 0.1) is 0 Å². The number of rotatable bonds is 6. The fourth-order valence-electron chi connectivity index (χ4n) is 5.58. The molecule has 0 aliphatic heterocycles. The van der Waals surface area contributed by atoms with Gasteiger partial charge < -0.3 is 5.32 Å². The van der Waals surface area contributed by atoms with E-state index in [0.717, 1.165) is 35.5 Å². The number of nitrogens with one attached hydrogen (secondary N) is 1. The quantitative estimate of drug-likeness (QED) is 0.679. The van der Waals surface area contributed by atoms with Crippen LogP contribution in [0.3, 0.4) is 0 Å². The molecule has 4 atom stereocenters. The summed E-state index contributed by atoms with van der Waals surface area (Å²) in [6.07, 6.45) is 5.83. The molecule has 0 heterocycles. The maximum Gasteiger partial charge on any atom is -0.00519 e. The minimum atomic E-state index is 1.08. The van der Waals surface area contributed by atoms with Crippen LogP contribution in [0.5, 0.6) is 0 Å². The van der Waals surface area contributed by atoms with Gasteiger partial charge >= 0.3 is 0 Å². The summed E-state index contributed by atoms with van der Waals surface area (Å²) in [6.45, 7) is 6.24. The van der Waals surface area contributed by atoms with E-state index in [0.29, 0.717) is 0 Å². The molecule has 1 N–H and O–H groups in total. The van der Waals surface area contributed by atoms with Gasteiger partial charge in [0.25, 0.3) is 0 Å². The zero-order chi connectivity index (χ0) is 11.3. The highest BCUT2D eigenvalue weighted by Crippen LogP contribution is 2.78. The van der Waals surface area contributed by atoms with Gasteiger partial charge in [-0.1, -0.05) is 26.7 Å². The zero-order valence-corrected chi connectivity index (χ0v) is 11.1. The Hall–Kier alpha value is -0.0400. The van der Waals surface area contributed by atoms with Crippen molar-refractivity contribution in [3.63, 3.8) is 0 Å². The van der Waals surface area contributed by atoms with Gasteiger partial charge in [-0.2, -0.15) is 0 Å². The maximum absolute atomic E-state index is 3.24. The minimum absolute atomic E-state index is 1.08. The molecule has 3 saturated carbocycles. The van der Waals surface area contributed by atoms with Crippen molar-refractivity contribution in [1.82, 2.24) is 5.32 Å². The molecule has 3 rings (SSSR count). The van der Waals surface area contributed by atoms with Crippen LogP contribution in [0.1, 0.15) is 39.5 Å². The SMILES string of the molecule is CNCCCCCC1C2C(C)C3C(C)C1C32. The number of hydrogen-bond acceptors (Lipinski definition) is 1. The van der Waals surface area contributed by atoms with E-state index in [4.69, 9.17) is 0 Å². The van der Waals surface area contributed by atoms with Crippen LogP contribution < -0.4 is 5.32 Å². The summed E-state index contributed by atoms with van der Waals surface area (Å²) in [6, 6.07) is 0. The Morgan fingerprint density at radius 1 is 0.812 bits per heavy atom. The topological polar surface area (TPSA) is 12.0 Å². The van der Waals surface area contributed by atoms with Gasteiger partial charge in [0, 0.05) is 0 Å². The van der Waals surface area contributed by atoms with Crippen LogP contribution in [-0.2, 0) is 0 Å². The molecule has 4 unspecified atom stereocenters. The van der Waals surface area contributed by atoms with Gasteiger partial charge in [-0.05, 0) is 67.9 Å². The van der Waals surface area contributed by atoms with E-state index >= 15 is 0 Å². The Morgan fingerprint density at radius 2 is 1.50 bits per heavy atom. The van der Waals surface area contributed by atoms with Crippen LogP contribution in [0.4, 0.5) is 0 Å². The van der Waals surface area contributed by atoms with Crippen LogP contribution in [0, 0.1) is 41.4 Å². The third-order valence-electron chi connectivity index (χ3n) is 6.21. The first-order valence-corrected chi connectivity index (χ1v) is 7.42. The molecule has 0 aromatic heterocycles. The van der Waals surface area contributed by atoms with E-state index in [1.807, 2.05) is 0 Å².